The van der Waals surface area contributed by atoms with E-state index in [0.717, 1.165) is 18.4 Å². The van der Waals surface area contributed by atoms with Gasteiger partial charge in [0, 0.05) is 17.9 Å². The van der Waals surface area contributed by atoms with Crippen molar-refractivity contribution in [3.8, 4) is 11.5 Å². The average Bonchev–Trinajstić information content (AvgIpc) is 3.25. The second-order valence-corrected chi connectivity index (χ2v) is 9.23. The van der Waals surface area contributed by atoms with Crippen molar-refractivity contribution in [1.29, 1.82) is 0 Å². The average molecular weight is 497 g/mol. The molecule has 2 atom stereocenters. The van der Waals surface area contributed by atoms with E-state index in [2.05, 4.69) is 12.2 Å². The summed E-state index contributed by atoms with van der Waals surface area (Å²) >= 11 is 13.7. The molecular weight excluding hydrogens is 471 g/mol. The Morgan fingerprint density at radius 3 is 2.50 bits per heavy atom. The maximum Gasteiger partial charge on any atom is 0.255 e. The maximum absolute atomic E-state index is 13.6. The summed E-state index contributed by atoms with van der Waals surface area (Å²) in [5.74, 6) is 1.18. The van der Waals surface area contributed by atoms with E-state index >= 15 is 0 Å². The van der Waals surface area contributed by atoms with Crippen LogP contribution >= 0.6 is 35.0 Å². The number of nitrogens with one attached hydrogen (secondary N) is 1. The molecule has 1 N–H and O–H groups in total. The van der Waals surface area contributed by atoms with Gasteiger partial charge in [0.2, 0.25) is 5.91 Å². The van der Waals surface area contributed by atoms with E-state index in [0.29, 0.717) is 34.4 Å². The Morgan fingerprint density at radius 1 is 1.09 bits per heavy atom. The molecule has 0 aliphatic carbocycles. The molecule has 1 aliphatic rings. The Bertz CT molecular complexity index is 988. The first-order chi connectivity index (χ1) is 15.4. The van der Waals surface area contributed by atoms with Crippen LogP contribution in [-0.4, -0.2) is 49.3 Å². The third-order valence-corrected chi connectivity index (χ3v) is 7.29. The summed E-state index contributed by atoms with van der Waals surface area (Å²) in [5, 5.41) is 3.23. The van der Waals surface area contributed by atoms with E-state index in [4.69, 9.17) is 32.7 Å². The van der Waals surface area contributed by atoms with Crippen molar-refractivity contribution in [3.63, 3.8) is 0 Å². The number of rotatable bonds is 8. The summed E-state index contributed by atoms with van der Waals surface area (Å²) in [6, 6.07) is 9.64. The van der Waals surface area contributed by atoms with Crippen molar-refractivity contribution in [3.05, 3.63) is 57.6 Å². The maximum atomic E-state index is 13.6. The van der Waals surface area contributed by atoms with Crippen molar-refractivity contribution in [2.45, 2.75) is 31.2 Å². The summed E-state index contributed by atoms with van der Waals surface area (Å²) in [7, 11) is 3.13. The first kappa shape index (κ1) is 24.6. The quantitative estimate of drug-likeness (QED) is 0.509. The third-order valence-electron chi connectivity index (χ3n) is 5.23. The van der Waals surface area contributed by atoms with Crippen LogP contribution in [0.25, 0.3) is 0 Å². The second-order valence-electron chi connectivity index (χ2n) is 7.30. The minimum absolute atomic E-state index is 0.165. The molecule has 2 unspecified atom stereocenters. The summed E-state index contributed by atoms with van der Waals surface area (Å²) < 4.78 is 10.8. The van der Waals surface area contributed by atoms with Crippen LogP contribution in [0.15, 0.2) is 36.4 Å². The molecule has 1 heterocycles. The fraction of sp³-hybridized carbons (Fsp3) is 0.391. The topological polar surface area (TPSA) is 67.9 Å². The number of halogens is 2. The van der Waals surface area contributed by atoms with Gasteiger partial charge in [0.25, 0.3) is 5.91 Å². The fourth-order valence-electron chi connectivity index (χ4n) is 3.50. The number of unbranched alkanes of at least 4 members (excludes halogenated alkanes) is 1. The Hall–Kier alpha value is -2.09. The van der Waals surface area contributed by atoms with Gasteiger partial charge in [0.05, 0.1) is 24.3 Å². The minimum Gasteiger partial charge on any atom is -0.493 e. The number of hydrogen-bond acceptors (Lipinski definition) is 5. The third kappa shape index (κ3) is 5.27. The van der Waals surface area contributed by atoms with Crippen LogP contribution in [0.4, 0.5) is 0 Å². The summed E-state index contributed by atoms with van der Waals surface area (Å²) in [4.78, 5) is 28.2. The van der Waals surface area contributed by atoms with Crippen molar-refractivity contribution in [2.24, 2.45) is 0 Å². The standard InChI is InChI=1S/C23H26Cl2N2O4S/c1-4-5-10-26-21(28)18-13-32-23(15-7-9-19(30-2)20(12-15)31-3)27(18)22(29)14-6-8-16(24)17(25)11-14/h6-9,11-12,18,23H,4-5,10,13H2,1-3H3,(H,26,28). The van der Waals surface area contributed by atoms with Crippen molar-refractivity contribution < 1.29 is 19.1 Å². The van der Waals surface area contributed by atoms with Gasteiger partial charge in [0.15, 0.2) is 11.5 Å². The van der Waals surface area contributed by atoms with Crippen LogP contribution in [-0.2, 0) is 4.79 Å². The number of methoxy groups -OCH3 is 2. The van der Waals surface area contributed by atoms with E-state index in [1.165, 1.54) is 17.8 Å². The zero-order valence-corrected chi connectivity index (χ0v) is 20.5. The number of benzene rings is 2. The van der Waals surface area contributed by atoms with E-state index in [9.17, 15) is 9.59 Å². The highest BCUT2D eigenvalue weighted by molar-refractivity contribution is 7.99. The normalized spacial score (nSPS) is 17.8. The fourth-order valence-corrected chi connectivity index (χ4v) is 5.22. The van der Waals surface area contributed by atoms with Gasteiger partial charge in [-0.2, -0.15) is 0 Å². The molecule has 1 aliphatic heterocycles. The van der Waals surface area contributed by atoms with Crippen LogP contribution in [0.2, 0.25) is 10.0 Å². The summed E-state index contributed by atoms with van der Waals surface area (Å²) in [6.07, 6.45) is 1.85. The van der Waals surface area contributed by atoms with Gasteiger partial charge in [-0.25, -0.2) is 0 Å². The molecule has 6 nitrogen and oxygen atoms in total. The molecule has 2 amide bonds. The Balaban J connectivity index is 1.97. The first-order valence-electron chi connectivity index (χ1n) is 10.3. The van der Waals surface area contributed by atoms with Crippen molar-refractivity contribution in [1.82, 2.24) is 10.2 Å². The first-order valence-corrected chi connectivity index (χ1v) is 12.1. The van der Waals surface area contributed by atoms with Crippen LogP contribution in [0.3, 0.4) is 0 Å². The highest BCUT2D eigenvalue weighted by atomic mass is 35.5. The van der Waals surface area contributed by atoms with Gasteiger partial charge in [-0.1, -0.05) is 42.6 Å². The number of ether oxygens (including phenoxy) is 2. The number of hydrogen-bond donors (Lipinski definition) is 1. The lowest BCUT2D eigenvalue weighted by atomic mass is 10.1. The SMILES string of the molecule is CCCCNC(=O)C1CSC(c2ccc(OC)c(OC)c2)N1C(=O)c1ccc(Cl)c(Cl)c1. The lowest BCUT2D eigenvalue weighted by Crippen LogP contribution is -2.48. The smallest absolute Gasteiger partial charge is 0.255 e. The minimum atomic E-state index is -0.614. The molecule has 0 aromatic heterocycles. The van der Waals surface area contributed by atoms with E-state index in [1.54, 1.807) is 37.3 Å². The molecule has 2 aromatic rings. The number of carbonyl (C=O) groups is 2. The lowest BCUT2D eigenvalue weighted by Gasteiger charge is -2.29. The lowest BCUT2D eigenvalue weighted by molar-refractivity contribution is -0.124. The van der Waals surface area contributed by atoms with Gasteiger partial charge in [-0.3, -0.25) is 9.59 Å². The molecule has 172 valence electrons. The molecule has 0 radical (unpaired) electrons. The monoisotopic (exact) mass is 496 g/mol. The van der Waals surface area contributed by atoms with Crippen LogP contribution < -0.4 is 14.8 Å². The van der Waals surface area contributed by atoms with Crippen LogP contribution in [0.1, 0.15) is 41.1 Å². The molecule has 0 saturated carbocycles. The Kier molecular flexibility index (Phi) is 8.57. The number of carbonyl (C=O) groups excluding carboxylic acids is 2. The highest BCUT2D eigenvalue weighted by Crippen LogP contribution is 2.44. The van der Waals surface area contributed by atoms with Gasteiger partial charge in [-0.15, -0.1) is 11.8 Å². The molecule has 0 bridgehead atoms. The molecule has 0 spiro atoms. The van der Waals surface area contributed by atoms with Gasteiger partial charge in [-0.05, 0) is 42.3 Å². The Labute approximate surface area is 202 Å². The highest BCUT2D eigenvalue weighted by Gasteiger charge is 2.42. The number of amides is 2. The van der Waals surface area contributed by atoms with Gasteiger partial charge in [0.1, 0.15) is 11.4 Å². The van der Waals surface area contributed by atoms with E-state index < -0.39 is 6.04 Å². The van der Waals surface area contributed by atoms with E-state index in [-0.39, 0.29) is 22.2 Å². The molecule has 1 fully saturated rings. The van der Waals surface area contributed by atoms with Crippen LogP contribution in [0.5, 0.6) is 11.5 Å². The predicted octanol–water partition coefficient (Wildman–Crippen LogP) is 5.18. The molecule has 3 rings (SSSR count). The van der Waals surface area contributed by atoms with Crippen molar-refractivity contribution in [2.75, 3.05) is 26.5 Å². The second kappa shape index (κ2) is 11.2. The largest absolute Gasteiger partial charge is 0.493 e. The van der Waals surface area contributed by atoms with Gasteiger partial charge >= 0.3 is 0 Å². The molecule has 1 saturated heterocycles. The number of nitrogens with zero attached hydrogens (tertiary/aromatic N) is 1. The summed E-state index contributed by atoms with van der Waals surface area (Å²) in [6.45, 7) is 2.64. The van der Waals surface area contributed by atoms with Gasteiger partial charge < -0.3 is 19.7 Å². The molecular formula is C23H26Cl2N2O4S. The number of thioether (sulfide) groups is 1. The predicted molar refractivity (Wildman–Crippen MR) is 129 cm³/mol. The molecule has 9 heteroatoms. The van der Waals surface area contributed by atoms with Crippen LogP contribution in [0, 0.1) is 0 Å². The molecule has 32 heavy (non-hydrogen) atoms. The summed E-state index contributed by atoms with van der Waals surface area (Å²) in [5.41, 5.74) is 1.21. The Morgan fingerprint density at radius 2 is 1.84 bits per heavy atom. The zero-order valence-electron chi connectivity index (χ0n) is 18.2. The zero-order chi connectivity index (χ0) is 23.3. The van der Waals surface area contributed by atoms with E-state index in [1.807, 2.05) is 12.1 Å². The molecule has 2 aromatic carbocycles. The van der Waals surface area contributed by atoms with Crippen molar-refractivity contribution >= 4 is 46.8 Å².